The number of aromatic nitrogens is 2. The highest BCUT2D eigenvalue weighted by Gasteiger charge is 2.41. The second kappa shape index (κ2) is 5.05. The van der Waals surface area contributed by atoms with Gasteiger partial charge in [0.25, 0.3) is 0 Å². The van der Waals surface area contributed by atoms with Crippen LogP contribution in [0.4, 0.5) is 0 Å². The predicted molar refractivity (Wildman–Crippen MR) is 78.7 cm³/mol. The number of aryl methyl sites for hydroxylation is 1. The minimum atomic E-state index is -0.372. The fraction of sp³-hybridized carbons (Fsp3) is 0.733. The number of nitrogens with one attached hydrogen (secondary N) is 1. The maximum Gasteiger partial charge on any atom is 0.109 e. The summed E-state index contributed by atoms with van der Waals surface area (Å²) in [6, 6.07) is 3.38. The van der Waals surface area contributed by atoms with E-state index >= 15 is 0 Å². The van der Waals surface area contributed by atoms with Crippen LogP contribution in [-0.2, 0) is 0 Å². The van der Waals surface area contributed by atoms with Crippen molar-refractivity contribution in [2.75, 3.05) is 0 Å². The molecule has 0 aromatic carbocycles. The molecule has 1 N–H and O–H groups in total. The summed E-state index contributed by atoms with van der Waals surface area (Å²) in [6.07, 6.45) is 6.34. The maximum atomic E-state index is 9.64. The molecule has 4 nitrogen and oxygen atoms in total. The smallest absolute Gasteiger partial charge is 0.109 e. The molecule has 2 saturated carbocycles. The summed E-state index contributed by atoms with van der Waals surface area (Å²) in [4.78, 5) is 0. The van der Waals surface area contributed by atoms with Crippen molar-refractivity contribution in [3.63, 3.8) is 0 Å². The third-order valence-corrected chi connectivity index (χ3v) is 5.13. The van der Waals surface area contributed by atoms with Gasteiger partial charge in [-0.1, -0.05) is 11.6 Å². The van der Waals surface area contributed by atoms with Crippen LogP contribution in [0.1, 0.15) is 56.0 Å². The van der Waals surface area contributed by atoms with Crippen molar-refractivity contribution < 1.29 is 0 Å². The first-order valence-corrected chi connectivity index (χ1v) is 7.82. The van der Waals surface area contributed by atoms with Gasteiger partial charge in [0, 0.05) is 12.5 Å². The molecule has 2 aliphatic rings. The van der Waals surface area contributed by atoms with Crippen LogP contribution in [0.2, 0.25) is 5.02 Å². The first-order valence-electron chi connectivity index (χ1n) is 7.45. The number of nitrogens with zero attached hydrogens (tertiary/aromatic N) is 3. The topological polar surface area (TPSA) is 53.6 Å². The van der Waals surface area contributed by atoms with E-state index in [0.717, 1.165) is 42.1 Å². The standard InChI is InChI=1S/C15H21ClN4/c1-10-14(16)11(2)20(19-10)13-4-3-7-15(8-13,9-17)18-12-5-6-12/h12-13,18H,3-8H2,1-2H3. The fourth-order valence-corrected chi connectivity index (χ4v) is 3.46. The molecular weight excluding hydrogens is 272 g/mol. The minimum absolute atomic E-state index is 0.279. The van der Waals surface area contributed by atoms with Gasteiger partial charge in [-0.05, 0) is 46.0 Å². The zero-order valence-corrected chi connectivity index (χ0v) is 12.9. The van der Waals surface area contributed by atoms with Crippen molar-refractivity contribution in [1.29, 1.82) is 5.26 Å². The summed E-state index contributed by atoms with van der Waals surface area (Å²) in [7, 11) is 0. The van der Waals surface area contributed by atoms with E-state index < -0.39 is 0 Å². The molecule has 0 bridgehead atoms. The second-order valence-corrected chi connectivity index (χ2v) is 6.67. The normalized spacial score (nSPS) is 30.2. The van der Waals surface area contributed by atoms with E-state index in [1.165, 1.54) is 12.8 Å². The van der Waals surface area contributed by atoms with Crippen LogP contribution >= 0.6 is 11.6 Å². The molecule has 5 heteroatoms. The van der Waals surface area contributed by atoms with Crippen LogP contribution in [0, 0.1) is 25.2 Å². The number of halogens is 1. The monoisotopic (exact) mass is 292 g/mol. The summed E-state index contributed by atoms with van der Waals surface area (Å²) in [5.74, 6) is 0. The molecule has 0 amide bonds. The van der Waals surface area contributed by atoms with Crippen LogP contribution in [0.25, 0.3) is 0 Å². The molecule has 1 heterocycles. The third kappa shape index (κ3) is 2.45. The van der Waals surface area contributed by atoms with Crippen LogP contribution in [0.5, 0.6) is 0 Å². The Bertz CT molecular complexity index is 555. The molecule has 2 unspecified atom stereocenters. The van der Waals surface area contributed by atoms with Gasteiger partial charge in [-0.25, -0.2) is 0 Å². The second-order valence-electron chi connectivity index (χ2n) is 6.29. The SMILES string of the molecule is Cc1nn(C2CCCC(C#N)(NC3CC3)C2)c(C)c1Cl. The Balaban J connectivity index is 1.83. The zero-order chi connectivity index (χ0) is 14.3. The quantitative estimate of drug-likeness (QED) is 0.930. The Morgan fingerprint density at radius 2 is 2.15 bits per heavy atom. The van der Waals surface area contributed by atoms with E-state index in [-0.39, 0.29) is 11.6 Å². The first kappa shape index (κ1) is 13.9. The molecule has 2 aliphatic carbocycles. The van der Waals surface area contributed by atoms with E-state index in [9.17, 15) is 5.26 Å². The number of hydrogen-bond donors (Lipinski definition) is 1. The summed E-state index contributed by atoms with van der Waals surface area (Å²) in [6.45, 7) is 3.95. The van der Waals surface area contributed by atoms with Gasteiger partial charge in [-0.2, -0.15) is 10.4 Å². The molecule has 3 rings (SSSR count). The Morgan fingerprint density at radius 3 is 2.70 bits per heavy atom. The maximum absolute atomic E-state index is 9.64. The van der Waals surface area contributed by atoms with E-state index in [1.54, 1.807) is 0 Å². The van der Waals surface area contributed by atoms with Crippen molar-refractivity contribution in [2.24, 2.45) is 0 Å². The van der Waals surface area contributed by atoms with Gasteiger partial charge >= 0.3 is 0 Å². The molecule has 0 aliphatic heterocycles. The molecule has 1 aromatic heterocycles. The zero-order valence-electron chi connectivity index (χ0n) is 12.1. The first-order chi connectivity index (χ1) is 9.54. The molecular formula is C15H21ClN4. The molecule has 2 atom stereocenters. The Labute approximate surface area is 125 Å². The minimum Gasteiger partial charge on any atom is -0.297 e. The van der Waals surface area contributed by atoms with Gasteiger partial charge in [0.15, 0.2) is 0 Å². The van der Waals surface area contributed by atoms with E-state index in [2.05, 4.69) is 16.5 Å². The lowest BCUT2D eigenvalue weighted by Crippen LogP contribution is -2.49. The van der Waals surface area contributed by atoms with E-state index in [1.807, 2.05) is 18.5 Å². The van der Waals surface area contributed by atoms with Crippen molar-refractivity contribution in [2.45, 2.75) is 70.0 Å². The molecule has 0 radical (unpaired) electrons. The van der Waals surface area contributed by atoms with Crippen molar-refractivity contribution in [3.8, 4) is 6.07 Å². The van der Waals surface area contributed by atoms with Crippen LogP contribution in [-0.4, -0.2) is 21.4 Å². The number of rotatable bonds is 3. The Morgan fingerprint density at radius 1 is 1.40 bits per heavy atom. The largest absolute Gasteiger partial charge is 0.297 e. The summed E-state index contributed by atoms with van der Waals surface area (Å²) in [5.41, 5.74) is 1.53. The fourth-order valence-electron chi connectivity index (χ4n) is 3.34. The van der Waals surface area contributed by atoms with Gasteiger partial charge in [0.2, 0.25) is 0 Å². The highest BCUT2D eigenvalue weighted by atomic mass is 35.5. The molecule has 108 valence electrons. The third-order valence-electron chi connectivity index (χ3n) is 4.58. The molecule has 0 spiro atoms. The summed E-state index contributed by atoms with van der Waals surface area (Å²) in [5, 5.41) is 18.5. The van der Waals surface area contributed by atoms with Crippen molar-refractivity contribution in [3.05, 3.63) is 16.4 Å². The van der Waals surface area contributed by atoms with Gasteiger partial charge in [0.05, 0.1) is 28.5 Å². The van der Waals surface area contributed by atoms with Crippen molar-refractivity contribution >= 4 is 11.6 Å². The number of nitriles is 1. The van der Waals surface area contributed by atoms with Crippen LogP contribution in [0.15, 0.2) is 0 Å². The van der Waals surface area contributed by atoms with Crippen molar-refractivity contribution in [1.82, 2.24) is 15.1 Å². The molecule has 1 aromatic rings. The van der Waals surface area contributed by atoms with E-state index in [0.29, 0.717) is 6.04 Å². The molecule has 0 saturated heterocycles. The highest BCUT2D eigenvalue weighted by Crippen LogP contribution is 2.38. The Kier molecular flexibility index (Phi) is 3.51. The van der Waals surface area contributed by atoms with Gasteiger partial charge in [-0.3, -0.25) is 10.00 Å². The number of hydrogen-bond acceptors (Lipinski definition) is 3. The molecule has 20 heavy (non-hydrogen) atoms. The van der Waals surface area contributed by atoms with Gasteiger partial charge in [-0.15, -0.1) is 0 Å². The highest BCUT2D eigenvalue weighted by molar-refractivity contribution is 6.31. The van der Waals surface area contributed by atoms with E-state index in [4.69, 9.17) is 11.6 Å². The average molecular weight is 293 g/mol. The average Bonchev–Trinajstić information content (AvgIpc) is 3.22. The lowest BCUT2D eigenvalue weighted by atomic mass is 9.79. The lowest BCUT2D eigenvalue weighted by Gasteiger charge is -2.37. The predicted octanol–water partition coefficient (Wildman–Crippen LogP) is 3.28. The van der Waals surface area contributed by atoms with Gasteiger partial charge in [0.1, 0.15) is 5.54 Å². The summed E-state index contributed by atoms with van der Waals surface area (Å²) >= 11 is 6.25. The van der Waals surface area contributed by atoms with Crippen LogP contribution < -0.4 is 5.32 Å². The lowest BCUT2D eigenvalue weighted by molar-refractivity contribution is 0.216. The van der Waals surface area contributed by atoms with Crippen LogP contribution in [0.3, 0.4) is 0 Å². The summed E-state index contributed by atoms with van der Waals surface area (Å²) < 4.78 is 2.04. The molecule has 2 fully saturated rings. The Hall–Kier alpha value is -1.05. The van der Waals surface area contributed by atoms with Gasteiger partial charge < -0.3 is 0 Å².